The number of aromatic nitrogens is 3. The monoisotopic (exact) mass is 410 g/mol. The molecule has 1 N–H and O–H groups in total. The number of nitrogens with one attached hydrogen (secondary N) is 1. The van der Waals surface area contributed by atoms with Crippen molar-refractivity contribution in [3.63, 3.8) is 0 Å². The molecular formula is C21H19FN4O2S. The number of carbonyl (C=O) groups excluding carboxylic acids is 1. The quantitative estimate of drug-likeness (QED) is 0.505. The molecule has 0 saturated heterocycles. The van der Waals surface area contributed by atoms with E-state index in [-0.39, 0.29) is 18.3 Å². The summed E-state index contributed by atoms with van der Waals surface area (Å²) in [5, 5.41) is 9.39. The number of ether oxygens (including phenoxy) is 1. The van der Waals surface area contributed by atoms with Crippen LogP contribution in [0.3, 0.4) is 0 Å². The van der Waals surface area contributed by atoms with Crippen LogP contribution in [0.1, 0.15) is 11.3 Å². The highest BCUT2D eigenvalue weighted by atomic mass is 32.1. The van der Waals surface area contributed by atoms with E-state index in [0.29, 0.717) is 18.8 Å². The third-order valence-electron chi connectivity index (χ3n) is 4.43. The fourth-order valence-corrected chi connectivity index (χ4v) is 3.78. The fraction of sp³-hybridized carbons (Fsp3) is 0.190. The van der Waals surface area contributed by atoms with Gasteiger partial charge in [-0.1, -0.05) is 36.4 Å². The van der Waals surface area contributed by atoms with Crippen LogP contribution in [-0.2, 0) is 11.2 Å². The molecule has 6 nitrogen and oxygen atoms in total. The van der Waals surface area contributed by atoms with Gasteiger partial charge in [0.1, 0.15) is 0 Å². The number of halogens is 1. The molecule has 148 valence electrons. The van der Waals surface area contributed by atoms with Gasteiger partial charge in [0.2, 0.25) is 4.96 Å². The van der Waals surface area contributed by atoms with E-state index in [2.05, 4.69) is 15.4 Å². The first-order valence-electron chi connectivity index (χ1n) is 9.15. The molecule has 0 aliphatic heterocycles. The van der Waals surface area contributed by atoms with E-state index in [1.807, 2.05) is 41.1 Å². The minimum atomic E-state index is -0.489. The highest BCUT2D eigenvalue weighted by Gasteiger charge is 2.13. The maximum atomic E-state index is 13.5. The van der Waals surface area contributed by atoms with E-state index in [1.54, 1.807) is 12.1 Å². The zero-order chi connectivity index (χ0) is 20.2. The van der Waals surface area contributed by atoms with Gasteiger partial charge in [-0.05, 0) is 24.6 Å². The highest BCUT2D eigenvalue weighted by molar-refractivity contribution is 7.15. The third kappa shape index (κ3) is 4.27. The van der Waals surface area contributed by atoms with Crippen molar-refractivity contribution < 1.29 is 13.9 Å². The van der Waals surface area contributed by atoms with E-state index < -0.39 is 5.82 Å². The largest absolute Gasteiger partial charge is 0.481 e. The van der Waals surface area contributed by atoms with Crippen molar-refractivity contribution in [2.45, 2.75) is 13.3 Å². The number of hydrogen-bond donors (Lipinski definition) is 1. The van der Waals surface area contributed by atoms with Crippen LogP contribution < -0.4 is 10.1 Å². The molecule has 0 bridgehead atoms. The summed E-state index contributed by atoms with van der Waals surface area (Å²) in [6, 6.07) is 14.0. The molecule has 4 aromatic rings. The summed E-state index contributed by atoms with van der Waals surface area (Å²) in [6.07, 6.45) is 0.599. The first-order chi connectivity index (χ1) is 14.1. The maximum Gasteiger partial charge on any atom is 0.257 e. The highest BCUT2D eigenvalue weighted by Crippen LogP contribution is 2.23. The van der Waals surface area contributed by atoms with Gasteiger partial charge in [-0.2, -0.15) is 4.98 Å². The average molecular weight is 410 g/mol. The zero-order valence-corrected chi connectivity index (χ0v) is 16.6. The molecule has 0 spiro atoms. The van der Waals surface area contributed by atoms with Gasteiger partial charge in [-0.25, -0.2) is 8.91 Å². The van der Waals surface area contributed by atoms with Crippen molar-refractivity contribution >= 4 is 22.2 Å². The lowest BCUT2D eigenvalue weighted by atomic mass is 10.1. The summed E-state index contributed by atoms with van der Waals surface area (Å²) in [7, 11) is 0. The predicted octanol–water partition coefficient (Wildman–Crippen LogP) is 3.64. The van der Waals surface area contributed by atoms with Crippen molar-refractivity contribution in [1.29, 1.82) is 0 Å². The number of aryl methyl sites for hydroxylation is 1. The standard InChI is InChI=1S/C21H19FN4O2S/c1-14-6-2-3-7-16(14)20-24-21-26(25-20)15(13-29-21)10-11-23-19(27)12-28-18-9-5-4-8-17(18)22/h2-9,13H,10-12H2,1H3,(H,23,27). The summed E-state index contributed by atoms with van der Waals surface area (Å²) >= 11 is 1.51. The van der Waals surface area contributed by atoms with Crippen LogP contribution in [0.4, 0.5) is 4.39 Å². The van der Waals surface area contributed by atoms with Crippen molar-refractivity contribution in [1.82, 2.24) is 19.9 Å². The molecule has 0 saturated carbocycles. The summed E-state index contributed by atoms with van der Waals surface area (Å²) < 4.78 is 20.5. The molecule has 29 heavy (non-hydrogen) atoms. The Morgan fingerprint density at radius 1 is 1.21 bits per heavy atom. The second-order valence-corrected chi connectivity index (χ2v) is 7.33. The second-order valence-electron chi connectivity index (χ2n) is 6.49. The first kappa shape index (κ1) is 19.1. The summed E-state index contributed by atoms with van der Waals surface area (Å²) in [4.78, 5) is 17.4. The van der Waals surface area contributed by atoms with E-state index in [9.17, 15) is 9.18 Å². The molecule has 0 fully saturated rings. The smallest absolute Gasteiger partial charge is 0.257 e. The lowest BCUT2D eigenvalue weighted by Crippen LogP contribution is -2.30. The normalized spacial score (nSPS) is 11.0. The summed E-state index contributed by atoms with van der Waals surface area (Å²) in [6.45, 7) is 2.22. The number of benzene rings is 2. The molecule has 2 aromatic heterocycles. The molecular weight excluding hydrogens is 391 g/mol. The van der Waals surface area contributed by atoms with Gasteiger partial charge in [0.25, 0.3) is 5.91 Å². The number of fused-ring (bicyclic) bond motifs is 1. The van der Waals surface area contributed by atoms with Crippen molar-refractivity contribution in [2.75, 3.05) is 13.2 Å². The van der Waals surface area contributed by atoms with Gasteiger partial charge in [0, 0.05) is 23.9 Å². The van der Waals surface area contributed by atoms with Gasteiger partial charge in [0.15, 0.2) is 24.0 Å². The third-order valence-corrected chi connectivity index (χ3v) is 5.30. The Balaban J connectivity index is 1.35. The van der Waals surface area contributed by atoms with Crippen LogP contribution in [0.25, 0.3) is 16.3 Å². The Labute approximate surface area is 171 Å². The number of nitrogens with zero attached hydrogens (tertiary/aromatic N) is 3. The van der Waals surface area contributed by atoms with Crippen LogP contribution in [0.5, 0.6) is 5.75 Å². The Hall–Kier alpha value is -3.26. The molecule has 0 atom stereocenters. The first-order valence-corrected chi connectivity index (χ1v) is 10.0. The molecule has 0 aliphatic rings. The summed E-state index contributed by atoms with van der Waals surface area (Å²) in [5.41, 5.74) is 3.09. The number of hydrogen-bond acceptors (Lipinski definition) is 5. The Bertz CT molecular complexity index is 1150. The number of amides is 1. The molecule has 2 heterocycles. The molecule has 0 radical (unpaired) electrons. The van der Waals surface area contributed by atoms with Gasteiger partial charge in [-0.3, -0.25) is 4.79 Å². The van der Waals surface area contributed by atoms with Gasteiger partial charge >= 0.3 is 0 Å². The minimum absolute atomic E-state index is 0.0635. The van der Waals surface area contributed by atoms with E-state index in [4.69, 9.17) is 4.74 Å². The fourth-order valence-electron chi connectivity index (χ4n) is 2.92. The number of carbonyl (C=O) groups is 1. The maximum absolute atomic E-state index is 13.5. The number of para-hydroxylation sites is 1. The number of thiazole rings is 1. The topological polar surface area (TPSA) is 68.5 Å². The van der Waals surface area contributed by atoms with Gasteiger partial charge < -0.3 is 10.1 Å². The van der Waals surface area contributed by atoms with Crippen LogP contribution in [0, 0.1) is 12.7 Å². The van der Waals surface area contributed by atoms with Crippen molar-refractivity contribution in [3.05, 3.63) is 71.0 Å². The van der Waals surface area contributed by atoms with Crippen molar-refractivity contribution in [2.24, 2.45) is 0 Å². The van der Waals surface area contributed by atoms with E-state index in [0.717, 1.165) is 21.8 Å². The van der Waals surface area contributed by atoms with Gasteiger partial charge in [-0.15, -0.1) is 16.4 Å². The Morgan fingerprint density at radius 2 is 2.00 bits per heavy atom. The molecule has 2 aromatic carbocycles. The Morgan fingerprint density at radius 3 is 2.83 bits per heavy atom. The molecule has 4 rings (SSSR count). The van der Waals surface area contributed by atoms with Crippen LogP contribution in [0.2, 0.25) is 0 Å². The predicted molar refractivity (Wildman–Crippen MR) is 110 cm³/mol. The van der Waals surface area contributed by atoms with Gasteiger partial charge in [0.05, 0.1) is 5.69 Å². The molecule has 8 heteroatoms. The Kier molecular flexibility index (Phi) is 5.53. The molecule has 0 aliphatic carbocycles. The molecule has 1 amide bonds. The lowest BCUT2D eigenvalue weighted by molar-refractivity contribution is -0.123. The average Bonchev–Trinajstić information content (AvgIpc) is 3.29. The second kappa shape index (κ2) is 8.40. The zero-order valence-electron chi connectivity index (χ0n) is 15.8. The molecule has 0 unspecified atom stereocenters. The van der Waals surface area contributed by atoms with Crippen LogP contribution >= 0.6 is 11.3 Å². The van der Waals surface area contributed by atoms with Crippen molar-refractivity contribution in [3.8, 4) is 17.1 Å². The van der Waals surface area contributed by atoms with Crippen LogP contribution in [0.15, 0.2) is 53.9 Å². The minimum Gasteiger partial charge on any atom is -0.481 e. The van der Waals surface area contributed by atoms with E-state index >= 15 is 0 Å². The van der Waals surface area contributed by atoms with E-state index in [1.165, 1.54) is 23.5 Å². The lowest BCUT2D eigenvalue weighted by Gasteiger charge is -2.07. The number of rotatable bonds is 7. The summed E-state index contributed by atoms with van der Waals surface area (Å²) in [5.74, 6) is -0.0393. The SMILES string of the molecule is Cc1ccccc1-c1nc2scc(CCNC(=O)COc3ccccc3F)n2n1. The van der Waals surface area contributed by atoms with Crippen LogP contribution in [-0.4, -0.2) is 33.7 Å².